The summed E-state index contributed by atoms with van der Waals surface area (Å²) in [6.45, 7) is 0. The molecule has 0 saturated heterocycles. The molecular weight excluding hydrogens is 331 g/mol. The Kier molecular flexibility index (Phi) is 4.50. The van der Waals surface area contributed by atoms with Crippen LogP contribution in [-0.4, -0.2) is 7.05 Å². The Morgan fingerprint density at radius 1 is 0.950 bits per heavy atom. The minimum absolute atomic E-state index is 0.217. The molecule has 0 bridgehead atoms. The second-order valence-corrected chi connectivity index (χ2v) is 5.18. The third kappa shape index (κ3) is 3.04. The van der Waals surface area contributed by atoms with Crippen molar-refractivity contribution in [3.8, 4) is 0 Å². The highest BCUT2D eigenvalue weighted by Gasteiger charge is 2.35. The van der Waals surface area contributed by atoms with Gasteiger partial charge in [-0.15, -0.1) is 0 Å². The lowest BCUT2D eigenvalue weighted by molar-refractivity contribution is -0.138. The molecule has 0 aliphatic carbocycles. The van der Waals surface area contributed by atoms with Crippen LogP contribution in [-0.2, 0) is 6.18 Å². The average molecular weight is 344 g/mol. The molecule has 1 nitrogen and oxygen atoms in total. The summed E-state index contributed by atoms with van der Waals surface area (Å²) < 4.78 is 40.1. The molecule has 0 heterocycles. The molecule has 0 fully saturated rings. The van der Waals surface area contributed by atoms with E-state index in [1.807, 2.05) is 12.1 Å². The molecule has 2 rings (SSSR count). The first kappa shape index (κ1) is 15.1. The number of alkyl halides is 3. The van der Waals surface area contributed by atoms with Gasteiger partial charge in [-0.3, -0.25) is 0 Å². The molecule has 1 atom stereocenters. The quantitative estimate of drug-likeness (QED) is 0.845. The van der Waals surface area contributed by atoms with Crippen LogP contribution in [0.4, 0.5) is 13.2 Å². The van der Waals surface area contributed by atoms with Gasteiger partial charge >= 0.3 is 6.18 Å². The molecule has 0 spiro atoms. The zero-order chi connectivity index (χ0) is 14.8. The largest absolute Gasteiger partial charge is 0.416 e. The van der Waals surface area contributed by atoms with Crippen molar-refractivity contribution in [1.82, 2.24) is 5.32 Å². The molecule has 5 heteroatoms. The fraction of sp³-hybridized carbons (Fsp3) is 0.200. The Balaban J connectivity index is 2.57. The fourth-order valence-electron chi connectivity index (χ4n) is 2.19. The number of hydrogen-bond donors (Lipinski definition) is 1. The molecule has 0 aromatic heterocycles. The van der Waals surface area contributed by atoms with Gasteiger partial charge in [0.2, 0.25) is 0 Å². The Morgan fingerprint density at radius 3 is 2.05 bits per heavy atom. The molecule has 0 amide bonds. The van der Waals surface area contributed by atoms with E-state index in [1.165, 1.54) is 12.1 Å². The number of benzene rings is 2. The van der Waals surface area contributed by atoms with E-state index in [1.54, 1.807) is 25.2 Å². The second-order valence-electron chi connectivity index (χ2n) is 4.33. The molecule has 0 aliphatic heterocycles. The number of halogens is 4. The first-order chi connectivity index (χ1) is 9.45. The Morgan fingerprint density at radius 2 is 1.50 bits per heavy atom. The topological polar surface area (TPSA) is 12.0 Å². The zero-order valence-electron chi connectivity index (χ0n) is 10.7. The normalized spacial score (nSPS) is 13.2. The summed E-state index contributed by atoms with van der Waals surface area (Å²) in [6.07, 6.45) is -4.37. The molecule has 0 radical (unpaired) electrons. The molecule has 1 unspecified atom stereocenters. The highest BCUT2D eigenvalue weighted by molar-refractivity contribution is 9.10. The maximum atomic E-state index is 13.1. The van der Waals surface area contributed by atoms with E-state index in [0.29, 0.717) is 0 Å². The smallest absolute Gasteiger partial charge is 0.309 e. The van der Waals surface area contributed by atoms with Crippen molar-refractivity contribution in [2.24, 2.45) is 0 Å². The first-order valence-corrected chi connectivity index (χ1v) is 6.82. The van der Waals surface area contributed by atoms with Crippen molar-refractivity contribution in [2.45, 2.75) is 12.2 Å². The standard InChI is InChI=1S/C15H13BrF3N/c1-20-14(11-7-3-5-9-13(11)16)10-6-2-4-8-12(10)15(17,18)19/h2-9,14,20H,1H3. The summed E-state index contributed by atoms with van der Waals surface area (Å²) in [5, 5.41) is 2.96. The van der Waals surface area contributed by atoms with Crippen LogP contribution < -0.4 is 5.32 Å². The van der Waals surface area contributed by atoms with Crippen LogP contribution in [0, 0.1) is 0 Å². The minimum atomic E-state index is -4.37. The molecular formula is C15H13BrF3N. The first-order valence-electron chi connectivity index (χ1n) is 6.03. The zero-order valence-corrected chi connectivity index (χ0v) is 12.3. The lowest BCUT2D eigenvalue weighted by atomic mass is 9.94. The summed E-state index contributed by atoms with van der Waals surface area (Å²) in [5.41, 5.74) is 0.371. The van der Waals surface area contributed by atoms with Gasteiger partial charge in [0.05, 0.1) is 11.6 Å². The lowest BCUT2D eigenvalue weighted by Crippen LogP contribution is -2.22. The minimum Gasteiger partial charge on any atom is -0.309 e. The monoisotopic (exact) mass is 343 g/mol. The van der Waals surface area contributed by atoms with Crippen LogP contribution in [0.2, 0.25) is 0 Å². The van der Waals surface area contributed by atoms with E-state index in [-0.39, 0.29) is 5.56 Å². The summed E-state index contributed by atoms with van der Waals surface area (Å²) in [6, 6.07) is 12.4. The van der Waals surface area contributed by atoms with Crippen molar-refractivity contribution < 1.29 is 13.2 Å². The van der Waals surface area contributed by atoms with E-state index in [9.17, 15) is 13.2 Å². The van der Waals surface area contributed by atoms with Gasteiger partial charge in [0.25, 0.3) is 0 Å². The molecule has 2 aromatic rings. The van der Waals surface area contributed by atoms with Gasteiger partial charge < -0.3 is 5.32 Å². The SMILES string of the molecule is CNC(c1ccccc1Br)c1ccccc1C(F)(F)F. The van der Waals surface area contributed by atoms with Crippen LogP contribution in [0.25, 0.3) is 0 Å². The van der Waals surface area contributed by atoms with Crippen LogP contribution in [0.5, 0.6) is 0 Å². The van der Waals surface area contributed by atoms with Gasteiger partial charge in [-0.1, -0.05) is 52.3 Å². The molecule has 2 aromatic carbocycles. The molecule has 1 N–H and O–H groups in total. The summed E-state index contributed by atoms with van der Waals surface area (Å²) >= 11 is 3.39. The van der Waals surface area contributed by atoms with E-state index in [4.69, 9.17) is 0 Å². The van der Waals surface area contributed by atoms with E-state index in [0.717, 1.165) is 16.1 Å². The van der Waals surface area contributed by atoms with Crippen molar-refractivity contribution in [3.05, 3.63) is 69.7 Å². The molecule has 0 aliphatic rings. The predicted octanol–water partition coefficient (Wildman–Crippen LogP) is 4.78. The average Bonchev–Trinajstić information content (AvgIpc) is 2.41. The fourth-order valence-corrected chi connectivity index (χ4v) is 2.71. The van der Waals surface area contributed by atoms with Gasteiger partial charge in [-0.25, -0.2) is 0 Å². The number of hydrogen-bond acceptors (Lipinski definition) is 1. The highest BCUT2D eigenvalue weighted by Crippen LogP contribution is 2.37. The van der Waals surface area contributed by atoms with Gasteiger partial charge in [-0.05, 0) is 30.3 Å². The molecule has 0 saturated carbocycles. The van der Waals surface area contributed by atoms with Gasteiger partial charge in [0.15, 0.2) is 0 Å². The van der Waals surface area contributed by atoms with E-state index >= 15 is 0 Å². The van der Waals surface area contributed by atoms with E-state index in [2.05, 4.69) is 21.2 Å². The lowest BCUT2D eigenvalue weighted by Gasteiger charge is -2.22. The van der Waals surface area contributed by atoms with Crippen molar-refractivity contribution in [2.75, 3.05) is 7.05 Å². The van der Waals surface area contributed by atoms with Crippen molar-refractivity contribution >= 4 is 15.9 Å². The number of rotatable bonds is 3. The van der Waals surface area contributed by atoms with Crippen LogP contribution in [0.3, 0.4) is 0 Å². The third-order valence-electron chi connectivity index (χ3n) is 3.08. The summed E-state index contributed by atoms with van der Waals surface area (Å²) in [5.74, 6) is 0. The van der Waals surface area contributed by atoms with Crippen LogP contribution in [0.15, 0.2) is 53.0 Å². The highest BCUT2D eigenvalue weighted by atomic mass is 79.9. The molecule has 20 heavy (non-hydrogen) atoms. The summed E-state index contributed by atoms with van der Waals surface area (Å²) in [4.78, 5) is 0. The second kappa shape index (κ2) is 5.97. The van der Waals surface area contributed by atoms with Crippen molar-refractivity contribution in [1.29, 1.82) is 0 Å². The maximum Gasteiger partial charge on any atom is 0.416 e. The van der Waals surface area contributed by atoms with Gasteiger partial charge in [-0.2, -0.15) is 13.2 Å². The summed E-state index contributed by atoms with van der Waals surface area (Å²) in [7, 11) is 1.65. The van der Waals surface area contributed by atoms with Crippen LogP contribution in [0.1, 0.15) is 22.7 Å². The molecule has 106 valence electrons. The Bertz CT molecular complexity index is 596. The van der Waals surface area contributed by atoms with Gasteiger partial charge in [0.1, 0.15) is 0 Å². The third-order valence-corrected chi connectivity index (χ3v) is 3.80. The van der Waals surface area contributed by atoms with Crippen molar-refractivity contribution in [3.63, 3.8) is 0 Å². The van der Waals surface area contributed by atoms with E-state index < -0.39 is 17.8 Å². The van der Waals surface area contributed by atoms with Gasteiger partial charge in [0, 0.05) is 4.47 Å². The van der Waals surface area contributed by atoms with Crippen LogP contribution >= 0.6 is 15.9 Å². The Hall–Kier alpha value is -1.33. The predicted molar refractivity (Wildman–Crippen MR) is 76.5 cm³/mol. The number of nitrogens with one attached hydrogen (secondary N) is 1. The maximum absolute atomic E-state index is 13.1. The Labute approximate surface area is 123 Å².